The van der Waals surface area contributed by atoms with E-state index in [1.807, 2.05) is 36.1 Å². The van der Waals surface area contributed by atoms with Gasteiger partial charge in [-0.15, -0.1) is 0 Å². The number of anilines is 1. The largest absolute Gasteiger partial charge is 0.497 e. The molecule has 2 aromatic rings. The first-order valence-electron chi connectivity index (χ1n) is 9.28. The lowest BCUT2D eigenvalue weighted by Gasteiger charge is -2.34. The Morgan fingerprint density at radius 2 is 1.85 bits per heavy atom. The molecular weight excluding hydrogens is 344 g/mol. The molecule has 0 N–H and O–H groups in total. The molecule has 1 aromatic heterocycles. The van der Waals surface area contributed by atoms with Gasteiger partial charge in [0.1, 0.15) is 17.4 Å². The van der Waals surface area contributed by atoms with Gasteiger partial charge in [-0.25, -0.2) is 9.97 Å². The number of nitrogens with zero attached hydrogens (tertiary/aromatic N) is 4. The summed E-state index contributed by atoms with van der Waals surface area (Å²) in [6.45, 7) is 6.16. The molecule has 1 fully saturated rings. The Balaban J connectivity index is 1.60. The molecule has 0 saturated carbocycles. The Morgan fingerprint density at radius 3 is 2.56 bits per heavy atom. The lowest BCUT2D eigenvalue weighted by molar-refractivity contribution is 0.0733. The first-order chi connectivity index (χ1) is 13.2. The zero-order valence-electron chi connectivity index (χ0n) is 15.8. The molecule has 2 aliphatic rings. The molecule has 142 valence electrons. The van der Waals surface area contributed by atoms with Crippen molar-refractivity contribution in [2.45, 2.75) is 19.9 Å². The van der Waals surface area contributed by atoms with Crippen molar-refractivity contribution in [1.29, 1.82) is 0 Å². The number of aryl methyl sites for hydroxylation is 1. The van der Waals surface area contributed by atoms with Crippen LogP contribution in [0.25, 0.3) is 0 Å². The van der Waals surface area contributed by atoms with E-state index in [2.05, 4.69) is 9.88 Å². The number of hydrogen-bond acceptors (Lipinski definition) is 6. The topological polar surface area (TPSA) is 67.8 Å². The van der Waals surface area contributed by atoms with E-state index in [-0.39, 0.29) is 5.91 Å². The zero-order valence-corrected chi connectivity index (χ0v) is 15.8. The van der Waals surface area contributed by atoms with Gasteiger partial charge in [0.15, 0.2) is 0 Å². The number of amides is 1. The predicted molar refractivity (Wildman–Crippen MR) is 101 cm³/mol. The molecule has 7 heteroatoms. The van der Waals surface area contributed by atoms with Gasteiger partial charge in [-0.1, -0.05) is 0 Å². The van der Waals surface area contributed by atoms with E-state index in [1.54, 1.807) is 7.11 Å². The van der Waals surface area contributed by atoms with Crippen LogP contribution in [0.1, 0.15) is 27.4 Å². The number of methoxy groups -OCH3 is 1. The van der Waals surface area contributed by atoms with Crippen LogP contribution in [0.2, 0.25) is 0 Å². The molecule has 2 aliphatic heterocycles. The van der Waals surface area contributed by atoms with E-state index in [1.165, 1.54) is 0 Å². The van der Waals surface area contributed by atoms with Gasteiger partial charge in [-0.2, -0.15) is 0 Å². The maximum absolute atomic E-state index is 13.0. The molecular formula is C20H24N4O3. The van der Waals surface area contributed by atoms with Crippen molar-refractivity contribution in [3.63, 3.8) is 0 Å². The minimum Gasteiger partial charge on any atom is -0.497 e. The standard InChI is InChI=1S/C20H24N4O3/c1-14-21-18-7-8-24(20(25)15-3-5-16(26-2)6-4-15)13-17(18)19(22-14)23-9-11-27-12-10-23/h3-6H,7-13H2,1-2H3. The van der Waals surface area contributed by atoms with Crippen molar-refractivity contribution in [3.05, 3.63) is 46.9 Å². The third-order valence-electron chi connectivity index (χ3n) is 5.09. The summed E-state index contributed by atoms with van der Waals surface area (Å²) in [5, 5.41) is 0. The summed E-state index contributed by atoms with van der Waals surface area (Å²) in [4.78, 5) is 26.4. The molecule has 0 atom stereocenters. The van der Waals surface area contributed by atoms with Gasteiger partial charge in [-0.3, -0.25) is 4.79 Å². The molecule has 7 nitrogen and oxygen atoms in total. The van der Waals surface area contributed by atoms with Crippen LogP contribution >= 0.6 is 0 Å². The number of morpholine rings is 1. The molecule has 0 unspecified atom stereocenters. The lowest BCUT2D eigenvalue weighted by atomic mass is 10.0. The van der Waals surface area contributed by atoms with Crippen molar-refractivity contribution in [1.82, 2.24) is 14.9 Å². The second-order valence-electron chi connectivity index (χ2n) is 6.82. The van der Waals surface area contributed by atoms with Crippen LogP contribution in [0.15, 0.2) is 24.3 Å². The van der Waals surface area contributed by atoms with Crippen LogP contribution in [-0.4, -0.2) is 60.7 Å². The number of carbonyl (C=O) groups is 1. The SMILES string of the molecule is COc1ccc(C(=O)N2CCc3nc(C)nc(N4CCOCC4)c3C2)cc1. The fourth-order valence-corrected chi connectivity index (χ4v) is 3.64. The van der Waals surface area contributed by atoms with E-state index in [0.717, 1.165) is 48.2 Å². The smallest absolute Gasteiger partial charge is 0.254 e. The monoisotopic (exact) mass is 368 g/mol. The van der Waals surface area contributed by atoms with Crippen LogP contribution in [0.5, 0.6) is 5.75 Å². The third-order valence-corrected chi connectivity index (χ3v) is 5.09. The summed E-state index contributed by atoms with van der Waals surface area (Å²) in [5.74, 6) is 2.50. The van der Waals surface area contributed by atoms with E-state index < -0.39 is 0 Å². The maximum atomic E-state index is 13.0. The summed E-state index contributed by atoms with van der Waals surface area (Å²) in [7, 11) is 1.62. The van der Waals surface area contributed by atoms with Crippen LogP contribution < -0.4 is 9.64 Å². The number of carbonyl (C=O) groups excluding carboxylic acids is 1. The molecule has 0 spiro atoms. The lowest BCUT2D eigenvalue weighted by Crippen LogP contribution is -2.41. The van der Waals surface area contributed by atoms with Crippen molar-refractivity contribution in [3.8, 4) is 5.75 Å². The van der Waals surface area contributed by atoms with Gasteiger partial charge in [-0.05, 0) is 31.2 Å². The van der Waals surface area contributed by atoms with Gasteiger partial charge in [0.2, 0.25) is 0 Å². The Hall–Kier alpha value is -2.67. The molecule has 1 aromatic carbocycles. The van der Waals surface area contributed by atoms with Gasteiger partial charge in [0, 0.05) is 37.2 Å². The van der Waals surface area contributed by atoms with E-state index in [4.69, 9.17) is 14.5 Å². The number of ether oxygens (including phenoxy) is 2. The third kappa shape index (κ3) is 3.60. The Labute approximate surface area is 158 Å². The highest BCUT2D eigenvalue weighted by molar-refractivity contribution is 5.94. The summed E-state index contributed by atoms with van der Waals surface area (Å²) < 4.78 is 10.6. The van der Waals surface area contributed by atoms with Crippen molar-refractivity contribution in [2.24, 2.45) is 0 Å². The van der Waals surface area contributed by atoms with Crippen LogP contribution in [0.3, 0.4) is 0 Å². The summed E-state index contributed by atoms with van der Waals surface area (Å²) >= 11 is 0. The Bertz CT molecular complexity index is 832. The molecule has 1 amide bonds. The molecule has 27 heavy (non-hydrogen) atoms. The van der Waals surface area contributed by atoms with Gasteiger partial charge in [0.05, 0.1) is 32.6 Å². The fourth-order valence-electron chi connectivity index (χ4n) is 3.64. The van der Waals surface area contributed by atoms with Crippen molar-refractivity contribution in [2.75, 3.05) is 44.9 Å². The predicted octanol–water partition coefficient (Wildman–Crippen LogP) is 1.83. The van der Waals surface area contributed by atoms with E-state index in [9.17, 15) is 4.79 Å². The highest BCUT2D eigenvalue weighted by Crippen LogP contribution is 2.28. The molecule has 0 aliphatic carbocycles. The number of benzene rings is 1. The van der Waals surface area contributed by atoms with Crippen LogP contribution in [0, 0.1) is 6.92 Å². The Kier molecular flexibility index (Phi) is 4.94. The number of aromatic nitrogens is 2. The van der Waals surface area contributed by atoms with Crippen molar-refractivity contribution >= 4 is 11.7 Å². The number of fused-ring (bicyclic) bond motifs is 1. The molecule has 1 saturated heterocycles. The highest BCUT2D eigenvalue weighted by atomic mass is 16.5. The molecule has 0 bridgehead atoms. The minimum absolute atomic E-state index is 0.0248. The summed E-state index contributed by atoms with van der Waals surface area (Å²) in [6.07, 6.45) is 0.748. The van der Waals surface area contributed by atoms with Crippen molar-refractivity contribution < 1.29 is 14.3 Å². The van der Waals surface area contributed by atoms with E-state index >= 15 is 0 Å². The van der Waals surface area contributed by atoms with E-state index in [0.29, 0.717) is 31.9 Å². The highest BCUT2D eigenvalue weighted by Gasteiger charge is 2.28. The van der Waals surface area contributed by atoms with Gasteiger partial charge in [0.25, 0.3) is 5.91 Å². The number of rotatable bonds is 3. The molecule has 0 radical (unpaired) electrons. The minimum atomic E-state index is 0.0248. The van der Waals surface area contributed by atoms with Crippen LogP contribution in [0.4, 0.5) is 5.82 Å². The Morgan fingerprint density at radius 1 is 1.11 bits per heavy atom. The zero-order chi connectivity index (χ0) is 18.8. The van der Waals surface area contributed by atoms with Gasteiger partial charge < -0.3 is 19.3 Å². The fraction of sp³-hybridized carbons (Fsp3) is 0.450. The average Bonchev–Trinajstić information content (AvgIpc) is 2.73. The normalized spacial score (nSPS) is 16.8. The maximum Gasteiger partial charge on any atom is 0.254 e. The molecule has 3 heterocycles. The first kappa shape index (κ1) is 17.7. The van der Waals surface area contributed by atoms with Crippen LogP contribution in [-0.2, 0) is 17.7 Å². The summed E-state index contributed by atoms with van der Waals surface area (Å²) in [5.41, 5.74) is 2.79. The van der Waals surface area contributed by atoms with Gasteiger partial charge >= 0.3 is 0 Å². The second kappa shape index (κ2) is 7.52. The quantitative estimate of drug-likeness (QED) is 0.823. The summed E-state index contributed by atoms with van der Waals surface area (Å²) in [6, 6.07) is 7.25. The first-order valence-corrected chi connectivity index (χ1v) is 9.28. The average molecular weight is 368 g/mol. The number of hydrogen-bond donors (Lipinski definition) is 0. The second-order valence-corrected chi connectivity index (χ2v) is 6.82. The molecule has 4 rings (SSSR count).